The van der Waals surface area contributed by atoms with Crippen molar-refractivity contribution in [2.45, 2.75) is 12.2 Å². The predicted molar refractivity (Wildman–Crippen MR) is 129 cm³/mol. The molecule has 0 fully saturated rings. The van der Waals surface area contributed by atoms with Crippen molar-refractivity contribution in [2.75, 3.05) is 12.1 Å². The summed E-state index contributed by atoms with van der Waals surface area (Å²) in [5.74, 6) is 0.0506. The SMILES string of the molecule is O=C(O)/C=C/[C@H](Oc1ccccc1)[C@@H](OC(=O)Nc1ccc2c(c1)OCO2)c1cc(Br)ccc1O. The largest absolute Gasteiger partial charge is 0.508 e. The second-order valence-corrected chi connectivity index (χ2v) is 8.23. The van der Waals surface area contributed by atoms with Crippen LogP contribution in [-0.2, 0) is 9.53 Å². The van der Waals surface area contributed by atoms with E-state index in [1.165, 1.54) is 12.1 Å². The third-order valence-electron chi connectivity index (χ3n) is 4.89. The zero-order valence-corrected chi connectivity index (χ0v) is 19.7. The molecular weight excluding hydrogens is 522 g/mol. The molecule has 0 saturated heterocycles. The number of hydrogen-bond donors (Lipinski definition) is 3. The minimum atomic E-state index is -1.22. The smallest absolute Gasteiger partial charge is 0.412 e. The number of aromatic hydroxyl groups is 1. The number of carboxylic acids is 1. The first-order chi connectivity index (χ1) is 16.9. The molecular formula is C25H20BrNO8. The molecule has 0 saturated carbocycles. The van der Waals surface area contributed by atoms with E-state index in [2.05, 4.69) is 21.2 Å². The van der Waals surface area contributed by atoms with E-state index >= 15 is 0 Å². The molecule has 1 amide bonds. The lowest BCUT2D eigenvalue weighted by atomic mass is 10.0. The van der Waals surface area contributed by atoms with E-state index in [4.69, 9.17) is 18.9 Å². The van der Waals surface area contributed by atoms with Gasteiger partial charge >= 0.3 is 12.1 Å². The third-order valence-corrected chi connectivity index (χ3v) is 5.38. The quantitative estimate of drug-likeness (QED) is 0.330. The Kier molecular flexibility index (Phi) is 7.41. The van der Waals surface area contributed by atoms with Gasteiger partial charge in [-0.1, -0.05) is 34.1 Å². The number of halogens is 1. The maximum atomic E-state index is 12.9. The molecule has 4 rings (SSSR count). The van der Waals surface area contributed by atoms with Crippen molar-refractivity contribution in [2.24, 2.45) is 0 Å². The number of para-hydroxylation sites is 1. The molecule has 3 aromatic rings. The zero-order chi connectivity index (χ0) is 24.8. The normalized spacial score (nSPS) is 13.7. The fourth-order valence-corrected chi connectivity index (χ4v) is 3.71. The van der Waals surface area contributed by atoms with Gasteiger partial charge < -0.3 is 29.2 Å². The number of anilines is 1. The summed E-state index contributed by atoms with van der Waals surface area (Å²) in [5.41, 5.74) is 0.592. The average Bonchev–Trinajstić information content (AvgIpc) is 3.30. The van der Waals surface area contributed by atoms with Crippen LogP contribution in [0.1, 0.15) is 11.7 Å². The number of hydrogen-bond acceptors (Lipinski definition) is 7. The molecule has 0 bridgehead atoms. The zero-order valence-electron chi connectivity index (χ0n) is 18.1. The maximum absolute atomic E-state index is 12.9. The summed E-state index contributed by atoms with van der Waals surface area (Å²) >= 11 is 3.35. The number of carbonyl (C=O) groups is 2. The van der Waals surface area contributed by atoms with Crippen LogP contribution in [0.3, 0.4) is 0 Å². The van der Waals surface area contributed by atoms with E-state index in [9.17, 15) is 19.8 Å². The minimum Gasteiger partial charge on any atom is -0.508 e. The first-order valence-electron chi connectivity index (χ1n) is 10.4. The minimum absolute atomic E-state index is 0.0852. The van der Waals surface area contributed by atoms with Crippen LogP contribution in [0, 0.1) is 0 Å². The molecule has 0 aliphatic carbocycles. The molecule has 2 atom stereocenters. The molecule has 180 valence electrons. The van der Waals surface area contributed by atoms with Gasteiger partial charge in [-0.2, -0.15) is 0 Å². The van der Waals surface area contributed by atoms with Gasteiger partial charge in [0.15, 0.2) is 23.7 Å². The molecule has 0 unspecified atom stereocenters. The predicted octanol–water partition coefficient (Wildman–Crippen LogP) is 5.26. The van der Waals surface area contributed by atoms with Crippen molar-refractivity contribution in [3.63, 3.8) is 0 Å². The summed E-state index contributed by atoms with van der Waals surface area (Å²) in [6.45, 7) is 0.0852. The van der Waals surface area contributed by atoms with Crippen LogP contribution in [0.2, 0.25) is 0 Å². The van der Waals surface area contributed by atoms with Gasteiger partial charge in [0, 0.05) is 27.9 Å². The maximum Gasteiger partial charge on any atom is 0.412 e. The molecule has 10 heteroatoms. The van der Waals surface area contributed by atoms with Gasteiger partial charge in [-0.25, -0.2) is 9.59 Å². The standard InChI is InChI=1S/C25H20BrNO8/c26-15-6-8-19(28)18(12-15)24(21(10-11-23(29)30)34-17-4-2-1-3-5-17)35-25(31)27-16-7-9-20-22(13-16)33-14-32-20/h1-13,21,24,28H,14H2,(H,27,31)(H,29,30)/b11-10+/t21-,24-/m0/s1. The summed E-state index contributed by atoms with van der Waals surface area (Å²) in [4.78, 5) is 24.1. The Bertz CT molecular complexity index is 1250. The number of amides is 1. The van der Waals surface area contributed by atoms with Gasteiger partial charge in [-0.05, 0) is 48.5 Å². The Morgan fingerprint density at radius 1 is 1.03 bits per heavy atom. The molecule has 9 nitrogen and oxygen atoms in total. The van der Waals surface area contributed by atoms with Gasteiger partial charge in [0.25, 0.3) is 0 Å². The number of carboxylic acid groups (broad SMARTS) is 1. The van der Waals surface area contributed by atoms with Crippen molar-refractivity contribution in [1.82, 2.24) is 0 Å². The van der Waals surface area contributed by atoms with Gasteiger partial charge in [0.05, 0.1) is 0 Å². The van der Waals surface area contributed by atoms with Crippen LogP contribution < -0.4 is 19.5 Å². The van der Waals surface area contributed by atoms with E-state index in [0.29, 0.717) is 27.4 Å². The molecule has 1 aliphatic heterocycles. The molecule has 3 N–H and O–H groups in total. The molecule has 35 heavy (non-hydrogen) atoms. The Labute approximate surface area is 208 Å². The van der Waals surface area contributed by atoms with Gasteiger partial charge in [-0.15, -0.1) is 0 Å². The fourth-order valence-electron chi connectivity index (χ4n) is 3.33. The lowest BCUT2D eigenvalue weighted by molar-refractivity contribution is -0.131. The number of aliphatic carboxylic acids is 1. The number of phenolic OH excluding ortho intramolecular Hbond substituents is 1. The van der Waals surface area contributed by atoms with E-state index in [0.717, 1.165) is 6.08 Å². The Morgan fingerprint density at radius 3 is 2.57 bits per heavy atom. The number of nitrogens with one attached hydrogen (secondary N) is 1. The summed E-state index contributed by atoms with van der Waals surface area (Å²) in [5, 5.41) is 22.3. The number of carbonyl (C=O) groups excluding carboxylic acids is 1. The van der Waals surface area contributed by atoms with Crippen molar-refractivity contribution in [3.05, 3.63) is 88.9 Å². The van der Waals surface area contributed by atoms with Gasteiger partial charge in [0.2, 0.25) is 6.79 Å². The molecule has 0 spiro atoms. The monoisotopic (exact) mass is 541 g/mol. The van der Waals surface area contributed by atoms with Crippen LogP contribution in [0.5, 0.6) is 23.0 Å². The van der Waals surface area contributed by atoms with Crippen molar-refractivity contribution in [3.8, 4) is 23.0 Å². The van der Waals surface area contributed by atoms with Crippen LogP contribution in [0.4, 0.5) is 10.5 Å². The highest BCUT2D eigenvalue weighted by molar-refractivity contribution is 9.10. The van der Waals surface area contributed by atoms with Crippen molar-refractivity contribution < 1.29 is 38.7 Å². The second kappa shape index (κ2) is 10.8. The molecule has 3 aromatic carbocycles. The topological polar surface area (TPSA) is 124 Å². The van der Waals surface area contributed by atoms with Crippen LogP contribution in [0.25, 0.3) is 0 Å². The summed E-state index contributed by atoms with van der Waals surface area (Å²) in [7, 11) is 0. The molecule has 0 aromatic heterocycles. The van der Waals surface area contributed by atoms with Crippen LogP contribution in [-0.4, -0.2) is 35.2 Å². The summed E-state index contributed by atoms with van der Waals surface area (Å²) < 4.78 is 22.9. The lowest BCUT2D eigenvalue weighted by Gasteiger charge is -2.27. The number of rotatable bonds is 8. The fraction of sp³-hybridized carbons (Fsp3) is 0.120. The Morgan fingerprint density at radius 2 is 1.80 bits per heavy atom. The number of phenols is 1. The van der Waals surface area contributed by atoms with E-state index in [1.54, 1.807) is 60.7 Å². The highest BCUT2D eigenvalue weighted by atomic mass is 79.9. The van der Waals surface area contributed by atoms with E-state index < -0.39 is 24.3 Å². The average molecular weight is 542 g/mol. The third kappa shape index (κ3) is 6.24. The number of ether oxygens (including phenoxy) is 4. The first kappa shape index (κ1) is 24.0. The first-order valence-corrected chi connectivity index (χ1v) is 11.2. The Hall–Kier alpha value is -4.18. The summed E-state index contributed by atoms with van der Waals surface area (Å²) in [6, 6.07) is 18.1. The molecule has 1 aliphatic rings. The van der Waals surface area contributed by atoms with Crippen LogP contribution >= 0.6 is 15.9 Å². The Balaban J connectivity index is 1.65. The van der Waals surface area contributed by atoms with Gasteiger partial charge in [0.1, 0.15) is 11.5 Å². The number of benzene rings is 3. The number of fused-ring (bicyclic) bond motifs is 1. The van der Waals surface area contributed by atoms with Crippen molar-refractivity contribution >= 4 is 33.7 Å². The second-order valence-electron chi connectivity index (χ2n) is 7.31. The lowest BCUT2D eigenvalue weighted by Crippen LogP contribution is -2.30. The van der Waals surface area contributed by atoms with Crippen LogP contribution in [0.15, 0.2) is 83.4 Å². The molecule has 0 radical (unpaired) electrons. The summed E-state index contributed by atoms with van der Waals surface area (Å²) in [6.07, 6.45) is -1.06. The van der Waals surface area contributed by atoms with E-state index in [1.807, 2.05) is 0 Å². The van der Waals surface area contributed by atoms with E-state index in [-0.39, 0.29) is 18.1 Å². The highest BCUT2D eigenvalue weighted by Crippen LogP contribution is 2.36. The highest BCUT2D eigenvalue weighted by Gasteiger charge is 2.30. The van der Waals surface area contributed by atoms with Crippen molar-refractivity contribution in [1.29, 1.82) is 0 Å². The van der Waals surface area contributed by atoms with Gasteiger partial charge in [-0.3, -0.25) is 5.32 Å². The molecule has 1 heterocycles.